The summed E-state index contributed by atoms with van der Waals surface area (Å²) in [4.78, 5) is 29.1. The molecule has 0 spiro atoms. The fraction of sp³-hybridized carbons (Fsp3) is 0.476. The van der Waals surface area contributed by atoms with Crippen molar-refractivity contribution >= 4 is 35.0 Å². The summed E-state index contributed by atoms with van der Waals surface area (Å²) in [5, 5.41) is 5.02. The summed E-state index contributed by atoms with van der Waals surface area (Å²) in [5.74, 6) is 0.417. The minimum absolute atomic E-state index is 0.186. The molecular formula is C21H26N2O3S2. The Labute approximate surface area is 174 Å². The maximum atomic E-state index is 12.5. The molecule has 0 aliphatic heterocycles. The molecule has 1 aliphatic rings. The maximum Gasteiger partial charge on any atom is 0.338 e. The zero-order valence-electron chi connectivity index (χ0n) is 16.3. The van der Waals surface area contributed by atoms with E-state index in [4.69, 9.17) is 4.74 Å². The van der Waals surface area contributed by atoms with Crippen LogP contribution < -0.4 is 5.32 Å². The van der Waals surface area contributed by atoms with Gasteiger partial charge < -0.3 is 10.1 Å². The number of carbonyl (C=O) groups is 2. The first kappa shape index (κ1) is 20.9. The van der Waals surface area contributed by atoms with E-state index in [1.165, 1.54) is 6.42 Å². The van der Waals surface area contributed by atoms with Gasteiger partial charge in [0.25, 0.3) is 5.91 Å². The number of hydrogen-bond donors (Lipinski definition) is 1. The van der Waals surface area contributed by atoms with Gasteiger partial charge in [-0.15, -0.1) is 11.3 Å². The SMILES string of the molecule is Cc1csc(SCc2ccccc2C(=O)OCC(=O)N[C@H]2CCCC[C@H]2C)n1. The van der Waals surface area contributed by atoms with Crippen molar-refractivity contribution < 1.29 is 14.3 Å². The van der Waals surface area contributed by atoms with Gasteiger partial charge in [-0.2, -0.15) is 0 Å². The van der Waals surface area contributed by atoms with E-state index in [2.05, 4.69) is 17.2 Å². The molecule has 1 fully saturated rings. The number of rotatable bonds is 7. The van der Waals surface area contributed by atoms with Crippen molar-refractivity contribution in [1.82, 2.24) is 10.3 Å². The van der Waals surface area contributed by atoms with Crippen LogP contribution in [0.3, 0.4) is 0 Å². The molecule has 5 nitrogen and oxygen atoms in total. The summed E-state index contributed by atoms with van der Waals surface area (Å²) in [7, 11) is 0. The zero-order chi connectivity index (χ0) is 19.9. The lowest BCUT2D eigenvalue weighted by Crippen LogP contribution is -2.42. The van der Waals surface area contributed by atoms with Crippen molar-refractivity contribution in [2.45, 2.75) is 55.7 Å². The molecule has 0 bridgehead atoms. The molecule has 0 unspecified atom stereocenters. The molecule has 1 N–H and O–H groups in total. The van der Waals surface area contributed by atoms with Crippen LogP contribution in [-0.4, -0.2) is 29.5 Å². The first-order valence-electron chi connectivity index (χ1n) is 9.62. The van der Waals surface area contributed by atoms with Gasteiger partial charge in [0.1, 0.15) is 4.34 Å². The van der Waals surface area contributed by atoms with Crippen molar-refractivity contribution in [3.8, 4) is 0 Å². The van der Waals surface area contributed by atoms with Crippen LogP contribution in [0, 0.1) is 12.8 Å². The Morgan fingerprint density at radius 3 is 2.82 bits per heavy atom. The monoisotopic (exact) mass is 418 g/mol. The summed E-state index contributed by atoms with van der Waals surface area (Å²) in [6.45, 7) is 3.88. The molecule has 2 atom stereocenters. The minimum Gasteiger partial charge on any atom is -0.452 e. The van der Waals surface area contributed by atoms with Crippen LogP contribution in [0.2, 0.25) is 0 Å². The number of benzene rings is 1. The quantitative estimate of drug-likeness (QED) is 0.526. The highest BCUT2D eigenvalue weighted by molar-refractivity contribution is 8.00. The number of carbonyl (C=O) groups excluding carboxylic acids is 2. The van der Waals surface area contributed by atoms with E-state index in [-0.39, 0.29) is 18.6 Å². The largest absolute Gasteiger partial charge is 0.452 e. The number of nitrogens with zero attached hydrogens (tertiary/aromatic N) is 1. The second-order valence-electron chi connectivity index (χ2n) is 7.21. The van der Waals surface area contributed by atoms with Gasteiger partial charge in [0.15, 0.2) is 6.61 Å². The highest BCUT2D eigenvalue weighted by Crippen LogP contribution is 2.27. The molecule has 7 heteroatoms. The van der Waals surface area contributed by atoms with E-state index >= 15 is 0 Å². The Morgan fingerprint density at radius 1 is 1.29 bits per heavy atom. The lowest BCUT2D eigenvalue weighted by Gasteiger charge is -2.29. The molecule has 3 rings (SSSR count). The van der Waals surface area contributed by atoms with Crippen molar-refractivity contribution in [3.63, 3.8) is 0 Å². The molecule has 150 valence electrons. The second kappa shape index (κ2) is 10.1. The molecule has 1 amide bonds. The van der Waals surface area contributed by atoms with Gasteiger partial charge in [-0.05, 0) is 37.3 Å². The zero-order valence-corrected chi connectivity index (χ0v) is 17.9. The predicted octanol–water partition coefficient (Wildman–Crippen LogP) is 4.60. The summed E-state index contributed by atoms with van der Waals surface area (Å²) in [5.41, 5.74) is 2.38. The van der Waals surface area contributed by atoms with E-state index < -0.39 is 5.97 Å². The Balaban J connectivity index is 1.53. The van der Waals surface area contributed by atoms with Crippen molar-refractivity contribution in [3.05, 3.63) is 46.5 Å². The number of thioether (sulfide) groups is 1. The third-order valence-electron chi connectivity index (χ3n) is 4.98. The summed E-state index contributed by atoms with van der Waals surface area (Å²) in [6.07, 6.45) is 4.49. The number of aryl methyl sites for hydroxylation is 1. The average Bonchev–Trinajstić information content (AvgIpc) is 3.12. The summed E-state index contributed by atoms with van der Waals surface area (Å²) in [6, 6.07) is 7.55. The van der Waals surface area contributed by atoms with Gasteiger partial charge in [0, 0.05) is 22.9 Å². The van der Waals surface area contributed by atoms with Gasteiger partial charge in [-0.1, -0.05) is 49.7 Å². The van der Waals surface area contributed by atoms with Gasteiger partial charge in [-0.3, -0.25) is 4.79 Å². The second-order valence-corrected chi connectivity index (χ2v) is 9.29. The first-order chi connectivity index (χ1) is 13.5. The topological polar surface area (TPSA) is 68.3 Å². The van der Waals surface area contributed by atoms with Crippen molar-refractivity contribution in [2.75, 3.05) is 6.61 Å². The van der Waals surface area contributed by atoms with E-state index in [0.29, 0.717) is 17.2 Å². The fourth-order valence-corrected chi connectivity index (χ4v) is 5.22. The highest BCUT2D eigenvalue weighted by atomic mass is 32.2. The number of ether oxygens (including phenoxy) is 1. The average molecular weight is 419 g/mol. The lowest BCUT2D eigenvalue weighted by atomic mass is 9.86. The minimum atomic E-state index is -0.460. The molecule has 1 aliphatic carbocycles. The number of esters is 1. The van der Waals surface area contributed by atoms with Crippen LogP contribution in [0.25, 0.3) is 0 Å². The molecular weight excluding hydrogens is 392 g/mol. The predicted molar refractivity (Wildman–Crippen MR) is 113 cm³/mol. The number of hydrogen-bond acceptors (Lipinski definition) is 6. The van der Waals surface area contributed by atoms with E-state index in [1.807, 2.05) is 30.5 Å². The fourth-order valence-electron chi connectivity index (χ4n) is 3.37. The van der Waals surface area contributed by atoms with Crippen molar-refractivity contribution in [2.24, 2.45) is 5.92 Å². The molecule has 1 aromatic carbocycles. The normalized spacial score (nSPS) is 19.2. The third kappa shape index (κ3) is 5.82. The standard InChI is InChI=1S/C21H26N2O3S2/c1-14-7-3-6-10-18(14)23-19(24)11-26-20(25)17-9-5-4-8-16(17)13-28-21-22-15(2)12-27-21/h4-5,8-9,12,14,18H,3,6-7,10-11,13H2,1-2H3,(H,23,24)/t14-,18+/m1/s1. The number of amides is 1. The Hall–Kier alpha value is -1.86. The van der Waals surface area contributed by atoms with E-state index in [1.54, 1.807) is 29.2 Å². The number of aromatic nitrogens is 1. The van der Waals surface area contributed by atoms with Gasteiger partial charge in [0.2, 0.25) is 0 Å². The molecule has 0 radical (unpaired) electrons. The van der Waals surface area contributed by atoms with Crippen LogP contribution in [0.5, 0.6) is 0 Å². The molecule has 0 saturated heterocycles. The van der Waals surface area contributed by atoms with Crippen LogP contribution in [0.15, 0.2) is 34.0 Å². The molecule has 28 heavy (non-hydrogen) atoms. The first-order valence-corrected chi connectivity index (χ1v) is 11.5. The van der Waals surface area contributed by atoms with Gasteiger partial charge in [-0.25, -0.2) is 9.78 Å². The maximum absolute atomic E-state index is 12.5. The Kier molecular flexibility index (Phi) is 7.50. The summed E-state index contributed by atoms with van der Waals surface area (Å²) >= 11 is 3.19. The van der Waals surface area contributed by atoms with Crippen LogP contribution in [-0.2, 0) is 15.3 Å². The van der Waals surface area contributed by atoms with Gasteiger partial charge >= 0.3 is 5.97 Å². The smallest absolute Gasteiger partial charge is 0.338 e. The van der Waals surface area contributed by atoms with Gasteiger partial charge in [0.05, 0.1) is 5.56 Å². The van der Waals surface area contributed by atoms with E-state index in [0.717, 1.165) is 34.9 Å². The van der Waals surface area contributed by atoms with Crippen molar-refractivity contribution in [1.29, 1.82) is 0 Å². The highest BCUT2D eigenvalue weighted by Gasteiger charge is 2.23. The molecule has 1 saturated carbocycles. The van der Waals surface area contributed by atoms with Crippen LogP contribution in [0.4, 0.5) is 0 Å². The molecule has 1 heterocycles. The Bertz CT molecular complexity index is 821. The third-order valence-corrected chi connectivity index (χ3v) is 7.17. The summed E-state index contributed by atoms with van der Waals surface area (Å²) < 4.78 is 6.26. The van der Waals surface area contributed by atoms with Crippen LogP contribution >= 0.6 is 23.1 Å². The number of thiazole rings is 1. The molecule has 1 aromatic heterocycles. The van der Waals surface area contributed by atoms with Crippen LogP contribution in [0.1, 0.15) is 54.2 Å². The molecule has 2 aromatic rings. The van der Waals surface area contributed by atoms with E-state index in [9.17, 15) is 9.59 Å². The lowest BCUT2D eigenvalue weighted by molar-refractivity contribution is -0.125. The Morgan fingerprint density at radius 2 is 2.07 bits per heavy atom. The number of nitrogens with one attached hydrogen (secondary N) is 1.